The molecule has 0 spiro atoms. The zero-order chi connectivity index (χ0) is 9.85. The van der Waals surface area contributed by atoms with E-state index in [-0.39, 0.29) is 10.8 Å². The topological polar surface area (TPSA) is 38.9 Å². The number of hydrogen-bond donors (Lipinski definition) is 0. The van der Waals surface area contributed by atoms with Crippen LogP contribution in [-0.4, -0.2) is 10.1 Å². The second kappa shape index (κ2) is 2.35. The molecule has 1 aromatic rings. The van der Waals surface area contributed by atoms with Gasteiger partial charge in [-0.25, -0.2) is 0 Å². The van der Waals surface area contributed by atoms with Gasteiger partial charge in [0.2, 0.25) is 10.6 Å². The maximum absolute atomic E-state index is 5.15. The van der Waals surface area contributed by atoms with Gasteiger partial charge in [0.25, 0.3) is 0 Å². The average molecular weight is 245 g/mol. The third-order valence-corrected chi connectivity index (χ3v) is 4.01. The van der Waals surface area contributed by atoms with E-state index in [2.05, 4.69) is 53.8 Å². The van der Waals surface area contributed by atoms with Gasteiger partial charge in [-0.05, 0) is 31.9 Å². The van der Waals surface area contributed by atoms with Crippen LogP contribution in [-0.2, 0) is 0 Å². The molecular formula is C9H13BrN2O. The Kier molecular flexibility index (Phi) is 1.66. The molecule has 13 heavy (non-hydrogen) atoms. The van der Waals surface area contributed by atoms with Crippen molar-refractivity contribution in [2.24, 2.45) is 10.8 Å². The van der Waals surface area contributed by atoms with Crippen molar-refractivity contribution >= 4 is 15.9 Å². The molecule has 1 aliphatic carbocycles. The van der Waals surface area contributed by atoms with Gasteiger partial charge in [-0.3, -0.25) is 0 Å². The van der Waals surface area contributed by atoms with Gasteiger partial charge >= 0.3 is 0 Å². The highest BCUT2D eigenvalue weighted by molar-refractivity contribution is 9.10. The van der Waals surface area contributed by atoms with E-state index in [1.165, 1.54) is 0 Å². The first-order valence-corrected chi connectivity index (χ1v) is 5.16. The number of aromatic nitrogens is 2. The van der Waals surface area contributed by atoms with Crippen molar-refractivity contribution in [2.75, 3.05) is 0 Å². The largest absolute Gasteiger partial charge is 0.338 e. The molecule has 0 aromatic carbocycles. The van der Waals surface area contributed by atoms with Crippen LogP contribution in [0.4, 0.5) is 0 Å². The Balaban J connectivity index is 2.32. The first-order valence-electron chi connectivity index (χ1n) is 4.36. The van der Waals surface area contributed by atoms with Gasteiger partial charge in [0.05, 0.1) is 0 Å². The summed E-state index contributed by atoms with van der Waals surface area (Å²) in [7, 11) is 0. The van der Waals surface area contributed by atoms with Crippen LogP contribution in [0.3, 0.4) is 0 Å². The molecule has 0 saturated heterocycles. The molecule has 72 valence electrons. The van der Waals surface area contributed by atoms with Crippen molar-refractivity contribution in [1.82, 2.24) is 10.1 Å². The molecule has 1 aromatic heterocycles. The Morgan fingerprint density at radius 2 is 1.77 bits per heavy atom. The van der Waals surface area contributed by atoms with Gasteiger partial charge in [0, 0.05) is 5.92 Å². The van der Waals surface area contributed by atoms with Crippen LogP contribution in [0.1, 0.15) is 39.5 Å². The maximum atomic E-state index is 5.15. The van der Waals surface area contributed by atoms with E-state index in [0.717, 1.165) is 5.89 Å². The van der Waals surface area contributed by atoms with Crippen molar-refractivity contribution in [3.63, 3.8) is 0 Å². The lowest BCUT2D eigenvalue weighted by Crippen LogP contribution is -1.95. The van der Waals surface area contributed by atoms with Gasteiger partial charge in [-0.2, -0.15) is 4.98 Å². The number of halogens is 1. The average Bonchev–Trinajstić information content (AvgIpc) is 2.32. The highest BCUT2D eigenvalue weighted by Crippen LogP contribution is 2.73. The highest BCUT2D eigenvalue weighted by Gasteiger charge is 2.67. The minimum atomic E-state index is 0.263. The molecule has 0 N–H and O–H groups in total. The summed E-state index contributed by atoms with van der Waals surface area (Å²) in [5.41, 5.74) is 0.526. The standard InChI is InChI=1S/C9H13BrN2O/c1-8(2)5(9(8,3)4)6-11-7(10)12-13-6/h5H,1-4H3. The predicted molar refractivity (Wildman–Crippen MR) is 52.3 cm³/mol. The van der Waals surface area contributed by atoms with Gasteiger partial charge in [-0.15, -0.1) is 0 Å². The van der Waals surface area contributed by atoms with E-state index in [1.54, 1.807) is 0 Å². The molecule has 0 amide bonds. The smallest absolute Gasteiger partial charge is 0.238 e. The summed E-state index contributed by atoms with van der Waals surface area (Å²) in [4.78, 5) is 4.20. The summed E-state index contributed by atoms with van der Waals surface area (Å²) in [5.74, 6) is 1.14. The van der Waals surface area contributed by atoms with Crippen LogP contribution in [0.5, 0.6) is 0 Å². The molecule has 0 radical (unpaired) electrons. The fraction of sp³-hybridized carbons (Fsp3) is 0.778. The lowest BCUT2D eigenvalue weighted by molar-refractivity contribution is 0.362. The van der Waals surface area contributed by atoms with E-state index < -0.39 is 0 Å². The molecule has 0 bridgehead atoms. The van der Waals surface area contributed by atoms with Gasteiger partial charge in [0.1, 0.15) is 0 Å². The molecule has 3 nitrogen and oxygen atoms in total. The molecule has 0 aliphatic heterocycles. The quantitative estimate of drug-likeness (QED) is 0.763. The van der Waals surface area contributed by atoms with Crippen LogP contribution in [0, 0.1) is 10.8 Å². The second-order valence-corrected chi connectivity index (χ2v) is 5.49. The summed E-state index contributed by atoms with van der Waals surface area (Å²) >= 11 is 3.19. The molecular weight excluding hydrogens is 232 g/mol. The van der Waals surface area contributed by atoms with E-state index in [0.29, 0.717) is 10.7 Å². The van der Waals surface area contributed by atoms with Crippen molar-refractivity contribution < 1.29 is 4.52 Å². The summed E-state index contributed by atoms with van der Waals surface area (Å²) in [6.45, 7) is 8.93. The third kappa shape index (κ3) is 1.08. The summed E-state index contributed by atoms with van der Waals surface area (Å²) in [5, 5.41) is 3.74. The first-order chi connectivity index (χ1) is 5.87. The Labute approximate surface area is 86.0 Å². The predicted octanol–water partition coefficient (Wildman–Crippen LogP) is 2.98. The molecule has 1 heterocycles. The van der Waals surface area contributed by atoms with Crippen molar-refractivity contribution in [3.05, 3.63) is 10.6 Å². The minimum absolute atomic E-state index is 0.263. The summed E-state index contributed by atoms with van der Waals surface area (Å²) < 4.78 is 5.69. The van der Waals surface area contributed by atoms with Gasteiger partial charge in [-0.1, -0.05) is 27.7 Å². The van der Waals surface area contributed by atoms with Crippen molar-refractivity contribution in [3.8, 4) is 0 Å². The minimum Gasteiger partial charge on any atom is -0.338 e. The Morgan fingerprint density at radius 3 is 2.08 bits per heavy atom. The molecule has 1 saturated carbocycles. The van der Waals surface area contributed by atoms with E-state index in [1.807, 2.05) is 0 Å². The lowest BCUT2D eigenvalue weighted by Gasteiger charge is -2.03. The second-order valence-electron chi connectivity index (χ2n) is 4.78. The van der Waals surface area contributed by atoms with Crippen LogP contribution < -0.4 is 0 Å². The van der Waals surface area contributed by atoms with Crippen molar-refractivity contribution in [1.29, 1.82) is 0 Å². The normalized spacial score (nSPS) is 24.7. The van der Waals surface area contributed by atoms with Crippen LogP contribution >= 0.6 is 15.9 Å². The number of rotatable bonds is 1. The SMILES string of the molecule is CC1(C)C(c2nc(Br)no2)C1(C)C. The zero-order valence-electron chi connectivity index (χ0n) is 8.26. The van der Waals surface area contributed by atoms with Crippen LogP contribution in [0.25, 0.3) is 0 Å². The Hall–Kier alpha value is -0.380. The fourth-order valence-corrected chi connectivity index (χ4v) is 2.39. The fourth-order valence-electron chi connectivity index (χ4n) is 2.15. The maximum Gasteiger partial charge on any atom is 0.238 e. The van der Waals surface area contributed by atoms with E-state index >= 15 is 0 Å². The third-order valence-electron chi connectivity index (χ3n) is 3.68. The molecule has 0 unspecified atom stereocenters. The lowest BCUT2D eigenvalue weighted by atomic mass is 10.0. The number of nitrogens with zero attached hydrogens (tertiary/aromatic N) is 2. The molecule has 1 aliphatic rings. The van der Waals surface area contributed by atoms with Gasteiger partial charge < -0.3 is 4.52 Å². The van der Waals surface area contributed by atoms with Crippen LogP contribution in [0.2, 0.25) is 0 Å². The molecule has 0 atom stereocenters. The van der Waals surface area contributed by atoms with Crippen LogP contribution in [0.15, 0.2) is 9.26 Å². The summed E-state index contributed by atoms with van der Waals surface area (Å²) in [6, 6.07) is 0. The van der Waals surface area contributed by atoms with Gasteiger partial charge in [0.15, 0.2) is 0 Å². The Bertz CT molecular complexity index is 329. The van der Waals surface area contributed by atoms with E-state index in [9.17, 15) is 0 Å². The molecule has 1 fully saturated rings. The highest BCUT2D eigenvalue weighted by atomic mass is 79.9. The monoisotopic (exact) mass is 244 g/mol. The number of hydrogen-bond acceptors (Lipinski definition) is 3. The zero-order valence-corrected chi connectivity index (χ0v) is 9.84. The summed E-state index contributed by atoms with van der Waals surface area (Å²) in [6.07, 6.45) is 0. The molecule has 2 rings (SSSR count). The first kappa shape index (κ1) is 9.19. The Morgan fingerprint density at radius 1 is 1.23 bits per heavy atom. The molecule has 4 heteroatoms. The van der Waals surface area contributed by atoms with Crippen molar-refractivity contribution in [2.45, 2.75) is 33.6 Å². The van der Waals surface area contributed by atoms with E-state index in [4.69, 9.17) is 4.52 Å².